The normalized spacial score (nSPS) is 34.0. The molecule has 0 saturated heterocycles. The first-order chi connectivity index (χ1) is 5.97. The lowest BCUT2D eigenvalue weighted by Crippen LogP contribution is -2.51. The number of aliphatic carboxylic acids is 1. The van der Waals surface area contributed by atoms with Crippen LogP contribution in [0, 0.1) is 11.8 Å². The van der Waals surface area contributed by atoms with Crippen molar-refractivity contribution in [2.45, 2.75) is 45.1 Å². The molecule has 0 unspecified atom stereocenters. The van der Waals surface area contributed by atoms with Crippen molar-refractivity contribution in [3.05, 3.63) is 0 Å². The molecule has 13 heavy (non-hydrogen) atoms. The molecule has 3 nitrogen and oxygen atoms in total. The third-order valence-electron chi connectivity index (χ3n) is 3.03. The van der Waals surface area contributed by atoms with E-state index < -0.39 is 11.5 Å². The van der Waals surface area contributed by atoms with Gasteiger partial charge in [-0.2, -0.15) is 0 Å². The van der Waals surface area contributed by atoms with Crippen LogP contribution < -0.4 is 5.73 Å². The van der Waals surface area contributed by atoms with E-state index in [0.29, 0.717) is 12.3 Å². The Morgan fingerprint density at radius 3 is 2.77 bits per heavy atom. The highest BCUT2D eigenvalue weighted by Crippen LogP contribution is 2.37. The molecular weight excluding hydrogens is 166 g/mol. The van der Waals surface area contributed by atoms with Crippen molar-refractivity contribution in [1.82, 2.24) is 0 Å². The molecule has 0 aliphatic heterocycles. The van der Waals surface area contributed by atoms with Crippen LogP contribution in [-0.4, -0.2) is 16.6 Å². The van der Waals surface area contributed by atoms with Gasteiger partial charge in [0.15, 0.2) is 0 Å². The third-order valence-corrected chi connectivity index (χ3v) is 3.03. The lowest BCUT2D eigenvalue weighted by molar-refractivity contribution is -0.145. The number of nitrogens with two attached hydrogens (primary N) is 1. The summed E-state index contributed by atoms with van der Waals surface area (Å²) >= 11 is 0. The summed E-state index contributed by atoms with van der Waals surface area (Å²) in [4.78, 5) is 11.0. The molecule has 1 fully saturated rings. The van der Waals surface area contributed by atoms with Gasteiger partial charge < -0.3 is 10.8 Å². The van der Waals surface area contributed by atoms with E-state index in [1.165, 1.54) is 0 Å². The Labute approximate surface area is 79.3 Å². The van der Waals surface area contributed by atoms with E-state index in [0.717, 1.165) is 19.3 Å². The second-order valence-electron chi connectivity index (χ2n) is 4.56. The zero-order valence-electron chi connectivity index (χ0n) is 8.42. The molecule has 2 atom stereocenters. The highest BCUT2D eigenvalue weighted by molar-refractivity contribution is 5.79. The molecule has 0 bridgehead atoms. The van der Waals surface area contributed by atoms with Crippen LogP contribution in [0.4, 0.5) is 0 Å². The largest absolute Gasteiger partial charge is 0.480 e. The quantitative estimate of drug-likeness (QED) is 0.702. The minimum Gasteiger partial charge on any atom is -0.480 e. The van der Waals surface area contributed by atoms with Crippen molar-refractivity contribution in [3.8, 4) is 0 Å². The molecule has 1 saturated carbocycles. The van der Waals surface area contributed by atoms with Gasteiger partial charge >= 0.3 is 5.97 Å². The molecule has 0 aromatic heterocycles. The number of carboxylic acids is 1. The van der Waals surface area contributed by atoms with Gasteiger partial charge in [0, 0.05) is 0 Å². The summed E-state index contributed by atoms with van der Waals surface area (Å²) in [7, 11) is 0. The van der Waals surface area contributed by atoms with E-state index in [2.05, 4.69) is 13.8 Å². The highest BCUT2D eigenvalue weighted by atomic mass is 16.4. The maximum Gasteiger partial charge on any atom is 0.323 e. The van der Waals surface area contributed by atoms with Crippen LogP contribution in [0.2, 0.25) is 0 Å². The van der Waals surface area contributed by atoms with Gasteiger partial charge in [0.1, 0.15) is 5.54 Å². The Morgan fingerprint density at radius 1 is 1.69 bits per heavy atom. The van der Waals surface area contributed by atoms with Gasteiger partial charge in [-0.1, -0.05) is 20.3 Å². The average Bonchev–Trinajstić information content (AvgIpc) is 2.33. The number of hydrogen-bond donors (Lipinski definition) is 2. The molecule has 3 N–H and O–H groups in total. The van der Waals surface area contributed by atoms with Crippen molar-refractivity contribution in [3.63, 3.8) is 0 Å². The van der Waals surface area contributed by atoms with Gasteiger partial charge in [0.2, 0.25) is 0 Å². The fraction of sp³-hybridized carbons (Fsp3) is 0.900. The van der Waals surface area contributed by atoms with Gasteiger partial charge in [-0.25, -0.2) is 0 Å². The Balaban J connectivity index is 2.68. The zero-order chi connectivity index (χ0) is 10.1. The molecule has 0 aromatic rings. The van der Waals surface area contributed by atoms with E-state index in [-0.39, 0.29) is 5.92 Å². The maximum absolute atomic E-state index is 11.0. The predicted octanol–water partition coefficient (Wildman–Crippen LogP) is 1.61. The number of rotatable bonds is 3. The first-order valence-electron chi connectivity index (χ1n) is 4.99. The topological polar surface area (TPSA) is 63.3 Å². The minimum atomic E-state index is -0.940. The van der Waals surface area contributed by atoms with Crippen LogP contribution in [0.25, 0.3) is 0 Å². The summed E-state index contributed by atoms with van der Waals surface area (Å²) < 4.78 is 0. The van der Waals surface area contributed by atoms with Crippen LogP contribution in [0.3, 0.4) is 0 Å². The Bertz CT molecular complexity index is 203. The van der Waals surface area contributed by atoms with Crippen LogP contribution in [-0.2, 0) is 4.79 Å². The standard InChI is InChI=1S/C10H19NO2/c1-7(2)6-8-4-3-5-10(8,11)9(12)13/h7-8H,3-6,11H2,1-2H3,(H,12,13)/t8-,10+/m0/s1. The van der Waals surface area contributed by atoms with E-state index in [1.807, 2.05) is 0 Å². The Hall–Kier alpha value is -0.570. The zero-order valence-corrected chi connectivity index (χ0v) is 8.42. The average molecular weight is 185 g/mol. The van der Waals surface area contributed by atoms with Gasteiger partial charge in [-0.05, 0) is 31.1 Å². The number of hydrogen-bond acceptors (Lipinski definition) is 2. The third kappa shape index (κ3) is 2.02. The summed E-state index contributed by atoms with van der Waals surface area (Å²) in [5.41, 5.74) is 4.95. The van der Waals surface area contributed by atoms with Gasteiger partial charge in [0.25, 0.3) is 0 Å². The monoisotopic (exact) mass is 185 g/mol. The fourth-order valence-corrected chi connectivity index (χ4v) is 2.28. The minimum absolute atomic E-state index is 0.171. The van der Waals surface area contributed by atoms with Gasteiger partial charge in [-0.15, -0.1) is 0 Å². The molecule has 76 valence electrons. The fourth-order valence-electron chi connectivity index (χ4n) is 2.28. The van der Waals surface area contributed by atoms with Crippen LogP contribution in [0.15, 0.2) is 0 Å². The summed E-state index contributed by atoms with van der Waals surface area (Å²) in [6.45, 7) is 4.22. The summed E-state index contributed by atoms with van der Waals surface area (Å²) in [6.07, 6.45) is 3.50. The van der Waals surface area contributed by atoms with Crippen molar-refractivity contribution in [2.75, 3.05) is 0 Å². The van der Waals surface area contributed by atoms with Crippen LogP contribution in [0.1, 0.15) is 39.5 Å². The van der Waals surface area contributed by atoms with Crippen molar-refractivity contribution < 1.29 is 9.90 Å². The van der Waals surface area contributed by atoms with Crippen molar-refractivity contribution in [2.24, 2.45) is 17.6 Å². The predicted molar refractivity (Wildman–Crippen MR) is 51.4 cm³/mol. The van der Waals surface area contributed by atoms with Crippen molar-refractivity contribution in [1.29, 1.82) is 0 Å². The molecule has 0 amide bonds. The lowest BCUT2D eigenvalue weighted by atomic mass is 9.82. The van der Waals surface area contributed by atoms with E-state index in [1.54, 1.807) is 0 Å². The van der Waals surface area contributed by atoms with E-state index >= 15 is 0 Å². The summed E-state index contributed by atoms with van der Waals surface area (Å²) in [5.74, 6) is -0.119. The molecule has 0 spiro atoms. The smallest absolute Gasteiger partial charge is 0.323 e. The van der Waals surface area contributed by atoms with Crippen LogP contribution in [0.5, 0.6) is 0 Å². The molecule has 0 aromatic carbocycles. The molecular formula is C10H19NO2. The molecule has 1 aliphatic carbocycles. The maximum atomic E-state index is 11.0. The van der Waals surface area contributed by atoms with Gasteiger partial charge in [0.05, 0.1) is 0 Å². The highest BCUT2D eigenvalue weighted by Gasteiger charge is 2.45. The molecule has 0 heterocycles. The summed E-state index contributed by atoms with van der Waals surface area (Å²) in [5, 5.41) is 9.03. The van der Waals surface area contributed by atoms with Crippen molar-refractivity contribution >= 4 is 5.97 Å². The number of carbonyl (C=O) groups is 1. The molecule has 1 rings (SSSR count). The first kappa shape index (κ1) is 10.5. The summed E-state index contributed by atoms with van der Waals surface area (Å²) in [6, 6.07) is 0. The van der Waals surface area contributed by atoms with Gasteiger partial charge in [-0.3, -0.25) is 4.79 Å². The number of carboxylic acid groups (broad SMARTS) is 1. The Morgan fingerprint density at radius 2 is 2.31 bits per heavy atom. The SMILES string of the molecule is CC(C)C[C@@H]1CCC[C@]1(N)C(=O)O. The molecule has 0 radical (unpaired) electrons. The molecule has 1 aliphatic rings. The first-order valence-corrected chi connectivity index (χ1v) is 4.99. The van der Waals surface area contributed by atoms with E-state index in [9.17, 15) is 4.79 Å². The second-order valence-corrected chi connectivity index (χ2v) is 4.56. The Kier molecular flexibility index (Phi) is 2.96. The van der Waals surface area contributed by atoms with Crippen LogP contribution >= 0.6 is 0 Å². The molecule has 3 heteroatoms. The lowest BCUT2D eigenvalue weighted by Gasteiger charge is -2.27. The van der Waals surface area contributed by atoms with E-state index in [4.69, 9.17) is 10.8 Å². The second kappa shape index (κ2) is 3.66.